The number of hydrogen-bond acceptors (Lipinski definition) is 2. The van der Waals surface area contributed by atoms with Crippen LogP contribution in [0.25, 0.3) is 5.69 Å². The molecule has 23 heavy (non-hydrogen) atoms. The maximum atomic E-state index is 12.8. The van der Waals surface area contributed by atoms with Gasteiger partial charge >= 0.3 is 6.18 Å². The van der Waals surface area contributed by atoms with Gasteiger partial charge in [0.2, 0.25) is 0 Å². The van der Waals surface area contributed by atoms with Crippen LogP contribution in [0.2, 0.25) is 0 Å². The van der Waals surface area contributed by atoms with Crippen LogP contribution in [0.5, 0.6) is 0 Å². The summed E-state index contributed by atoms with van der Waals surface area (Å²) in [6, 6.07) is 4.86. The monoisotopic (exact) mass is 321 g/mol. The largest absolute Gasteiger partial charge is 0.416 e. The molecule has 0 saturated carbocycles. The van der Waals surface area contributed by atoms with Crippen LogP contribution < -0.4 is 5.32 Å². The highest BCUT2D eigenvalue weighted by molar-refractivity contribution is 6.04. The molecule has 120 valence electrons. The van der Waals surface area contributed by atoms with E-state index in [2.05, 4.69) is 22.3 Å². The second-order valence-corrected chi connectivity index (χ2v) is 4.65. The molecule has 4 nitrogen and oxygen atoms in total. The first-order chi connectivity index (χ1) is 10.9. The van der Waals surface area contributed by atoms with Gasteiger partial charge in [-0.05, 0) is 37.5 Å². The van der Waals surface area contributed by atoms with Crippen LogP contribution in [-0.2, 0) is 17.4 Å². The van der Waals surface area contributed by atoms with Gasteiger partial charge in [-0.3, -0.25) is 4.79 Å². The Morgan fingerprint density at radius 1 is 1.39 bits per heavy atom. The smallest absolute Gasteiger partial charge is 0.312 e. The number of nitrogens with zero attached hydrogens (tertiary/aromatic N) is 2. The Balaban J connectivity index is 2.42. The Morgan fingerprint density at radius 2 is 2.13 bits per heavy atom. The lowest BCUT2D eigenvalue weighted by Crippen LogP contribution is -2.11. The van der Waals surface area contributed by atoms with E-state index in [0.717, 1.165) is 12.1 Å². The lowest BCUT2D eigenvalue weighted by Gasteiger charge is -2.11. The number of aromatic nitrogens is 2. The molecular formula is C16H14F3N3O. The zero-order valence-corrected chi connectivity index (χ0v) is 12.5. The van der Waals surface area contributed by atoms with Crippen molar-refractivity contribution in [3.05, 3.63) is 41.7 Å². The van der Waals surface area contributed by atoms with Gasteiger partial charge in [-0.2, -0.15) is 18.3 Å². The first-order valence-corrected chi connectivity index (χ1v) is 6.85. The van der Waals surface area contributed by atoms with Crippen molar-refractivity contribution in [3.8, 4) is 17.5 Å². The molecule has 1 heterocycles. The minimum absolute atomic E-state index is 0.277. The topological polar surface area (TPSA) is 46.9 Å². The zero-order valence-electron chi connectivity index (χ0n) is 12.5. The number of rotatable bonds is 3. The summed E-state index contributed by atoms with van der Waals surface area (Å²) < 4.78 is 39.9. The lowest BCUT2D eigenvalue weighted by molar-refractivity contribution is -0.137. The van der Waals surface area contributed by atoms with Gasteiger partial charge in [-0.15, -0.1) is 0 Å². The highest BCUT2D eigenvalue weighted by atomic mass is 19.4. The average molecular weight is 321 g/mol. The van der Waals surface area contributed by atoms with E-state index < -0.39 is 17.6 Å². The highest BCUT2D eigenvalue weighted by Gasteiger charge is 2.30. The summed E-state index contributed by atoms with van der Waals surface area (Å²) in [5.74, 6) is 4.32. The van der Waals surface area contributed by atoms with Crippen molar-refractivity contribution in [1.29, 1.82) is 0 Å². The molecule has 0 aliphatic heterocycles. The molecule has 0 aliphatic rings. The first-order valence-electron chi connectivity index (χ1n) is 6.85. The van der Waals surface area contributed by atoms with Crippen molar-refractivity contribution in [1.82, 2.24) is 9.78 Å². The van der Waals surface area contributed by atoms with E-state index in [-0.39, 0.29) is 5.69 Å². The van der Waals surface area contributed by atoms with Crippen molar-refractivity contribution in [2.45, 2.75) is 26.4 Å². The fraction of sp³-hybridized carbons (Fsp3) is 0.250. The standard InChI is InChI=1S/C16H14F3N3O/c1-3-6-15(23)21-13-10-20-22(14(13)4-2)12-8-5-7-11(9-12)16(17,18)19/h5,7-10H,4H2,1-2H3,(H,21,23). The fourth-order valence-corrected chi connectivity index (χ4v) is 2.12. The van der Waals surface area contributed by atoms with Gasteiger partial charge < -0.3 is 5.32 Å². The third kappa shape index (κ3) is 3.72. The van der Waals surface area contributed by atoms with E-state index in [1.165, 1.54) is 29.9 Å². The van der Waals surface area contributed by atoms with Crippen LogP contribution in [0.4, 0.5) is 18.9 Å². The van der Waals surface area contributed by atoms with Crippen molar-refractivity contribution in [2.75, 3.05) is 5.32 Å². The number of carbonyl (C=O) groups is 1. The van der Waals surface area contributed by atoms with Crippen LogP contribution in [0.3, 0.4) is 0 Å². The van der Waals surface area contributed by atoms with Gasteiger partial charge in [-0.1, -0.05) is 18.9 Å². The predicted octanol–water partition coefficient (Wildman–Crippen LogP) is 3.42. The molecule has 0 bridgehead atoms. The maximum Gasteiger partial charge on any atom is 0.416 e. The van der Waals surface area contributed by atoms with Crippen LogP contribution >= 0.6 is 0 Å². The Bertz CT molecular complexity index is 782. The number of nitrogens with one attached hydrogen (secondary N) is 1. The zero-order chi connectivity index (χ0) is 17.0. The van der Waals surface area contributed by atoms with Crippen LogP contribution in [-0.4, -0.2) is 15.7 Å². The summed E-state index contributed by atoms with van der Waals surface area (Å²) in [7, 11) is 0. The number of carbonyl (C=O) groups excluding carboxylic acids is 1. The third-order valence-electron chi connectivity index (χ3n) is 3.11. The normalized spacial score (nSPS) is 10.8. The number of alkyl halides is 3. The van der Waals surface area contributed by atoms with E-state index >= 15 is 0 Å². The number of benzene rings is 1. The van der Waals surface area contributed by atoms with Crippen LogP contribution in [0.1, 0.15) is 25.1 Å². The summed E-state index contributed by atoms with van der Waals surface area (Å²) >= 11 is 0. The Hall–Kier alpha value is -2.75. The average Bonchev–Trinajstić information content (AvgIpc) is 2.89. The van der Waals surface area contributed by atoms with Gasteiger partial charge in [-0.25, -0.2) is 4.68 Å². The Morgan fingerprint density at radius 3 is 2.74 bits per heavy atom. The van der Waals surface area contributed by atoms with Gasteiger partial charge in [0.15, 0.2) is 0 Å². The molecule has 2 rings (SSSR count). The molecule has 0 fully saturated rings. The molecule has 0 spiro atoms. The second-order valence-electron chi connectivity index (χ2n) is 4.65. The summed E-state index contributed by atoms with van der Waals surface area (Å²) in [6.45, 7) is 3.36. The van der Waals surface area contributed by atoms with Gasteiger partial charge in [0, 0.05) is 0 Å². The van der Waals surface area contributed by atoms with Gasteiger partial charge in [0.25, 0.3) is 5.91 Å². The van der Waals surface area contributed by atoms with Gasteiger partial charge in [0.05, 0.1) is 28.8 Å². The molecule has 1 aromatic heterocycles. The molecule has 1 amide bonds. The van der Waals surface area contributed by atoms with Crippen molar-refractivity contribution in [3.63, 3.8) is 0 Å². The molecule has 0 saturated heterocycles. The maximum absolute atomic E-state index is 12.8. The summed E-state index contributed by atoms with van der Waals surface area (Å²) in [5, 5.41) is 6.66. The number of hydrogen-bond donors (Lipinski definition) is 1. The molecule has 1 N–H and O–H groups in total. The summed E-state index contributed by atoms with van der Waals surface area (Å²) in [4.78, 5) is 11.5. The first kappa shape index (κ1) is 16.6. The number of halogens is 3. The van der Waals surface area contributed by atoms with E-state index in [4.69, 9.17) is 0 Å². The molecule has 0 aliphatic carbocycles. The third-order valence-corrected chi connectivity index (χ3v) is 3.11. The summed E-state index contributed by atoms with van der Waals surface area (Å²) in [6.07, 6.45) is -2.55. The molecule has 0 radical (unpaired) electrons. The van der Waals surface area contributed by atoms with Crippen LogP contribution in [0, 0.1) is 11.8 Å². The minimum atomic E-state index is -4.43. The van der Waals surface area contributed by atoms with Crippen LogP contribution in [0.15, 0.2) is 30.5 Å². The SMILES string of the molecule is CC#CC(=O)Nc1cnn(-c2cccc(C(F)(F)F)c2)c1CC. The number of anilines is 1. The highest BCUT2D eigenvalue weighted by Crippen LogP contribution is 2.31. The van der Waals surface area contributed by atoms with E-state index in [0.29, 0.717) is 17.8 Å². The molecule has 2 aromatic rings. The molecule has 0 atom stereocenters. The number of amides is 1. The lowest BCUT2D eigenvalue weighted by atomic mass is 10.2. The quantitative estimate of drug-likeness (QED) is 0.881. The second kappa shape index (κ2) is 6.57. The molecule has 1 aromatic carbocycles. The molecule has 7 heteroatoms. The summed E-state index contributed by atoms with van der Waals surface area (Å²) in [5.41, 5.74) is 0.543. The molecular weight excluding hydrogens is 307 g/mol. The van der Waals surface area contributed by atoms with E-state index in [1.807, 2.05) is 6.92 Å². The Kier molecular flexibility index (Phi) is 4.74. The fourth-order valence-electron chi connectivity index (χ4n) is 2.12. The van der Waals surface area contributed by atoms with E-state index in [1.54, 1.807) is 0 Å². The van der Waals surface area contributed by atoms with Gasteiger partial charge in [0.1, 0.15) is 0 Å². The minimum Gasteiger partial charge on any atom is -0.312 e. The van der Waals surface area contributed by atoms with Crippen molar-refractivity contribution >= 4 is 11.6 Å². The van der Waals surface area contributed by atoms with Crippen molar-refractivity contribution < 1.29 is 18.0 Å². The Labute approximate surface area is 131 Å². The van der Waals surface area contributed by atoms with E-state index in [9.17, 15) is 18.0 Å². The predicted molar refractivity (Wildman–Crippen MR) is 80.0 cm³/mol. The molecule has 0 unspecified atom stereocenters. The van der Waals surface area contributed by atoms with Crippen molar-refractivity contribution in [2.24, 2.45) is 0 Å².